The van der Waals surface area contributed by atoms with Gasteiger partial charge in [-0.1, -0.05) is 90.8 Å². The number of amides is 2. The second-order valence-corrected chi connectivity index (χ2v) is 12.1. The molecule has 0 aliphatic carbocycles. The molecule has 0 heterocycles. The van der Waals surface area contributed by atoms with Gasteiger partial charge in [0, 0.05) is 24.0 Å². The van der Waals surface area contributed by atoms with Gasteiger partial charge in [-0.3, -0.25) is 13.9 Å². The lowest BCUT2D eigenvalue weighted by Gasteiger charge is -2.34. The zero-order chi connectivity index (χ0) is 28.6. The molecular formula is C29H33Cl2N3O4S. The fourth-order valence-corrected chi connectivity index (χ4v) is 5.40. The number of para-hydroxylation sites is 1. The smallest absolute Gasteiger partial charge is 0.244 e. The Labute approximate surface area is 240 Å². The van der Waals surface area contributed by atoms with Crippen molar-refractivity contribution in [3.05, 3.63) is 100 Å². The standard InChI is InChI=1S/C29H33Cl2N3O4S/c1-4-21(2)32-29(36)27(18-22-12-6-5-7-13-22)33(19-23-14-8-9-15-24(23)30)28(35)20-34(39(3,37)38)26-17-11-10-16-25(26)31/h5-17,21,27H,4,18-20H2,1-3H3,(H,32,36)/t21-,27+/m1/s1. The van der Waals surface area contributed by atoms with E-state index in [0.717, 1.165) is 16.1 Å². The Bertz CT molecular complexity index is 1390. The van der Waals surface area contributed by atoms with Crippen LogP contribution < -0.4 is 9.62 Å². The van der Waals surface area contributed by atoms with E-state index in [0.29, 0.717) is 17.0 Å². The Morgan fingerprint density at radius 1 is 0.897 bits per heavy atom. The zero-order valence-electron chi connectivity index (χ0n) is 22.2. The van der Waals surface area contributed by atoms with Crippen LogP contribution >= 0.6 is 23.2 Å². The number of carbonyl (C=O) groups excluding carboxylic acids is 2. The van der Waals surface area contributed by atoms with Crippen LogP contribution in [0.4, 0.5) is 5.69 Å². The van der Waals surface area contributed by atoms with Gasteiger partial charge in [-0.05, 0) is 42.7 Å². The minimum atomic E-state index is -3.90. The predicted molar refractivity (Wildman–Crippen MR) is 157 cm³/mol. The van der Waals surface area contributed by atoms with Crippen LogP contribution in [0.1, 0.15) is 31.4 Å². The molecule has 2 amide bonds. The second-order valence-electron chi connectivity index (χ2n) is 9.36. The number of nitrogens with zero attached hydrogens (tertiary/aromatic N) is 2. The Balaban J connectivity index is 2.08. The third-order valence-electron chi connectivity index (χ3n) is 6.37. The number of rotatable bonds is 12. The van der Waals surface area contributed by atoms with E-state index in [4.69, 9.17) is 23.2 Å². The molecule has 2 atom stereocenters. The van der Waals surface area contributed by atoms with Crippen LogP contribution in [-0.2, 0) is 32.6 Å². The molecule has 208 valence electrons. The number of hydrogen-bond acceptors (Lipinski definition) is 4. The van der Waals surface area contributed by atoms with E-state index in [-0.39, 0.29) is 35.6 Å². The van der Waals surface area contributed by atoms with E-state index >= 15 is 0 Å². The maximum Gasteiger partial charge on any atom is 0.244 e. The third-order valence-corrected chi connectivity index (χ3v) is 8.19. The number of anilines is 1. The Morgan fingerprint density at radius 3 is 2.08 bits per heavy atom. The van der Waals surface area contributed by atoms with Gasteiger partial charge in [-0.2, -0.15) is 0 Å². The summed E-state index contributed by atoms with van der Waals surface area (Å²) in [6.45, 7) is 3.30. The first-order valence-electron chi connectivity index (χ1n) is 12.6. The van der Waals surface area contributed by atoms with Crippen molar-refractivity contribution in [3.8, 4) is 0 Å². The first kappa shape index (κ1) is 30.5. The number of halogens is 2. The molecule has 0 radical (unpaired) electrons. The Hall–Kier alpha value is -3.07. The molecule has 3 aromatic carbocycles. The molecule has 0 fully saturated rings. The van der Waals surface area contributed by atoms with Crippen molar-refractivity contribution >= 4 is 50.7 Å². The van der Waals surface area contributed by atoms with E-state index in [1.165, 1.54) is 11.0 Å². The summed E-state index contributed by atoms with van der Waals surface area (Å²) in [5.74, 6) is -0.905. The number of carbonyl (C=O) groups is 2. The van der Waals surface area contributed by atoms with Gasteiger partial charge in [0.2, 0.25) is 21.8 Å². The van der Waals surface area contributed by atoms with Gasteiger partial charge in [0.1, 0.15) is 12.6 Å². The minimum Gasteiger partial charge on any atom is -0.352 e. The summed E-state index contributed by atoms with van der Waals surface area (Å²) in [6.07, 6.45) is 1.94. The maximum atomic E-state index is 14.0. The van der Waals surface area contributed by atoms with Crippen LogP contribution in [0.25, 0.3) is 0 Å². The monoisotopic (exact) mass is 589 g/mol. The fourth-order valence-electron chi connectivity index (χ4n) is 4.05. The summed E-state index contributed by atoms with van der Waals surface area (Å²) in [7, 11) is -3.90. The minimum absolute atomic E-state index is 0.00402. The third kappa shape index (κ3) is 8.46. The lowest BCUT2D eigenvalue weighted by atomic mass is 10.0. The molecule has 0 saturated heterocycles. The number of nitrogens with one attached hydrogen (secondary N) is 1. The maximum absolute atomic E-state index is 14.0. The van der Waals surface area contributed by atoms with Crippen LogP contribution in [0.3, 0.4) is 0 Å². The summed E-state index contributed by atoms with van der Waals surface area (Å²) in [5, 5.41) is 3.61. The molecule has 0 bridgehead atoms. The van der Waals surface area contributed by atoms with Crippen molar-refractivity contribution in [1.82, 2.24) is 10.2 Å². The van der Waals surface area contributed by atoms with Crippen LogP contribution in [0.5, 0.6) is 0 Å². The molecule has 3 aromatic rings. The van der Waals surface area contributed by atoms with Gasteiger partial charge < -0.3 is 10.2 Å². The lowest BCUT2D eigenvalue weighted by molar-refractivity contribution is -0.140. The molecule has 0 aliphatic rings. The summed E-state index contributed by atoms with van der Waals surface area (Å²) in [4.78, 5) is 29.1. The highest BCUT2D eigenvalue weighted by Gasteiger charge is 2.34. The van der Waals surface area contributed by atoms with Crippen LogP contribution in [0.15, 0.2) is 78.9 Å². The molecule has 0 saturated carbocycles. The first-order chi connectivity index (χ1) is 18.5. The average molecular weight is 591 g/mol. The molecule has 0 spiro atoms. The summed E-state index contributed by atoms with van der Waals surface area (Å²) in [6, 6.07) is 21.8. The summed E-state index contributed by atoms with van der Waals surface area (Å²) >= 11 is 12.8. The van der Waals surface area contributed by atoms with Crippen LogP contribution in [0.2, 0.25) is 10.0 Å². The highest BCUT2D eigenvalue weighted by Crippen LogP contribution is 2.28. The van der Waals surface area contributed by atoms with Crippen LogP contribution in [-0.4, -0.2) is 50.0 Å². The van der Waals surface area contributed by atoms with E-state index in [9.17, 15) is 18.0 Å². The quantitative estimate of drug-likeness (QED) is 0.310. The molecular weight excluding hydrogens is 557 g/mol. The Morgan fingerprint density at radius 2 is 1.49 bits per heavy atom. The Kier molecular flexibility index (Phi) is 10.8. The predicted octanol–water partition coefficient (Wildman–Crippen LogP) is 5.31. The largest absolute Gasteiger partial charge is 0.352 e. The van der Waals surface area contributed by atoms with Gasteiger partial charge in [0.05, 0.1) is 17.0 Å². The topological polar surface area (TPSA) is 86.8 Å². The van der Waals surface area contributed by atoms with Gasteiger partial charge in [0.25, 0.3) is 0 Å². The van der Waals surface area contributed by atoms with Crippen LogP contribution in [0, 0.1) is 0 Å². The number of benzene rings is 3. The SMILES string of the molecule is CC[C@@H](C)NC(=O)[C@H](Cc1ccccc1)N(Cc1ccccc1Cl)C(=O)CN(c1ccccc1Cl)S(C)(=O)=O. The lowest BCUT2D eigenvalue weighted by Crippen LogP contribution is -2.54. The van der Waals surface area contributed by atoms with Crippen molar-refractivity contribution in [3.63, 3.8) is 0 Å². The zero-order valence-corrected chi connectivity index (χ0v) is 24.5. The summed E-state index contributed by atoms with van der Waals surface area (Å²) < 4.78 is 26.6. The van der Waals surface area contributed by atoms with E-state index in [1.807, 2.05) is 44.2 Å². The van der Waals surface area contributed by atoms with Crippen molar-refractivity contribution in [2.75, 3.05) is 17.1 Å². The molecule has 10 heteroatoms. The van der Waals surface area contributed by atoms with Crippen molar-refractivity contribution in [1.29, 1.82) is 0 Å². The molecule has 0 aromatic heterocycles. The summed E-state index contributed by atoms with van der Waals surface area (Å²) in [5.41, 5.74) is 1.66. The van der Waals surface area contributed by atoms with Gasteiger partial charge in [0.15, 0.2) is 0 Å². The van der Waals surface area contributed by atoms with Gasteiger partial charge >= 0.3 is 0 Å². The highest BCUT2D eigenvalue weighted by molar-refractivity contribution is 7.92. The van der Waals surface area contributed by atoms with E-state index in [2.05, 4.69) is 5.32 Å². The van der Waals surface area contributed by atoms with E-state index < -0.39 is 28.5 Å². The number of sulfonamides is 1. The van der Waals surface area contributed by atoms with Gasteiger partial charge in [-0.25, -0.2) is 8.42 Å². The van der Waals surface area contributed by atoms with Crippen molar-refractivity contribution in [2.24, 2.45) is 0 Å². The second kappa shape index (κ2) is 13.8. The van der Waals surface area contributed by atoms with Crippen molar-refractivity contribution < 1.29 is 18.0 Å². The average Bonchev–Trinajstić information content (AvgIpc) is 2.90. The first-order valence-corrected chi connectivity index (χ1v) is 15.2. The molecule has 3 rings (SSSR count). The van der Waals surface area contributed by atoms with Crippen molar-refractivity contribution in [2.45, 2.75) is 45.3 Å². The van der Waals surface area contributed by atoms with E-state index in [1.54, 1.807) is 42.5 Å². The normalized spacial score (nSPS) is 12.8. The number of hydrogen-bond donors (Lipinski definition) is 1. The molecule has 0 unspecified atom stereocenters. The highest BCUT2D eigenvalue weighted by atomic mass is 35.5. The van der Waals surface area contributed by atoms with Gasteiger partial charge in [-0.15, -0.1) is 0 Å². The molecule has 1 N–H and O–H groups in total. The molecule has 7 nitrogen and oxygen atoms in total. The molecule has 39 heavy (non-hydrogen) atoms. The fraction of sp³-hybridized carbons (Fsp3) is 0.310. The molecule has 0 aliphatic heterocycles.